The number of rotatable bonds is 4. The number of carbonyl (C=O) groups excluding carboxylic acids is 1. The predicted octanol–water partition coefficient (Wildman–Crippen LogP) is 3.41. The Bertz CT molecular complexity index is 917. The van der Waals surface area contributed by atoms with Crippen LogP contribution in [-0.2, 0) is 6.54 Å². The Morgan fingerprint density at radius 3 is 2.22 bits per heavy atom. The van der Waals surface area contributed by atoms with Crippen molar-refractivity contribution in [1.82, 2.24) is 19.6 Å². The van der Waals surface area contributed by atoms with Crippen LogP contribution < -0.4 is 0 Å². The molecule has 32 heavy (non-hydrogen) atoms. The topological polar surface area (TPSA) is 30.0 Å². The Labute approximate surface area is 191 Å². The van der Waals surface area contributed by atoms with Crippen LogP contribution in [0.15, 0.2) is 42.5 Å². The minimum Gasteiger partial charge on any atom is -0.337 e. The minimum absolute atomic E-state index is 0.0609. The maximum Gasteiger partial charge on any atom is 0.253 e. The van der Waals surface area contributed by atoms with Crippen molar-refractivity contribution in [3.05, 3.63) is 59.4 Å². The maximum absolute atomic E-state index is 15.0. The lowest BCUT2D eigenvalue weighted by Gasteiger charge is -2.21. The second kappa shape index (κ2) is 10.6. The van der Waals surface area contributed by atoms with Crippen LogP contribution in [0.5, 0.6) is 0 Å². The SMILES string of the molecule is CN1CCCN(Cc2ccc(-c3ccc(C(=O)N4CCCN(C)CC4)cc3)c(F)c2)CC1. The molecule has 2 aromatic carbocycles. The Hall–Kier alpha value is -2.28. The summed E-state index contributed by atoms with van der Waals surface area (Å²) >= 11 is 0. The number of likely N-dealkylation sites (N-methyl/N-ethyl adjacent to an activating group) is 2. The molecule has 0 saturated carbocycles. The van der Waals surface area contributed by atoms with Crippen LogP contribution in [0.1, 0.15) is 28.8 Å². The van der Waals surface area contributed by atoms with Gasteiger partial charge in [-0.2, -0.15) is 0 Å². The van der Waals surface area contributed by atoms with E-state index in [1.54, 1.807) is 6.07 Å². The summed E-state index contributed by atoms with van der Waals surface area (Å²) in [6.07, 6.45) is 2.14. The van der Waals surface area contributed by atoms with Crippen LogP contribution in [0.4, 0.5) is 4.39 Å². The van der Waals surface area contributed by atoms with Crippen molar-refractivity contribution < 1.29 is 9.18 Å². The molecule has 6 heteroatoms. The molecular weight excluding hydrogens is 403 g/mol. The highest BCUT2D eigenvalue weighted by atomic mass is 19.1. The number of nitrogens with zero attached hydrogens (tertiary/aromatic N) is 4. The highest BCUT2D eigenvalue weighted by Gasteiger charge is 2.19. The zero-order valence-electron chi connectivity index (χ0n) is 19.4. The van der Waals surface area contributed by atoms with E-state index in [2.05, 4.69) is 28.8 Å². The minimum atomic E-state index is -0.205. The Balaban J connectivity index is 1.41. The fraction of sp³-hybridized carbons (Fsp3) is 0.500. The van der Waals surface area contributed by atoms with Gasteiger partial charge in [-0.15, -0.1) is 0 Å². The van der Waals surface area contributed by atoms with Crippen molar-refractivity contribution in [2.75, 3.05) is 66.5 Å². The molecule has 2 saturated heterocycles. The molecule has 0 atom stereocenters. The first-order valence-corrected chi connectivity index (χ1v) is 11.8. The smallest absolute Gasteiger partial charge is 0.253 e. The summed E-state index contributed by atoms with van der Waals surface area (Å²) in [6.45, 7) is 8.48. The van der Waals surface area contributed by atoms with Gasteiger partial charge in [0, 0.05) is 50.4 Å². The van der Waals surface area contributed by atoms with Gasteiger partial charge in [0.2, 0.25) is 0 Å². The van der Waals surface area contributed by atoms with E-state index in [0.717, 1.165) is 82.9 Å². The van der Waals surface area contributed by atoms with Gasteiger partial charge in [-0.25, -0.2) is 4.39 Å². The maximum atomic E-state index is 15.0. The first kappa shape index (κ1) is 22.9. The van der Waals surface area contributed by atoms with E-state index < -0.39 is 0 Å². The van der Waals surface area contributed by atoms with Crippen molar-refractivity contribution in [3.63, 3.8) is 0 Å². The second-order valence-corrected chi connectivity index (χ2v) is 9.27. The number of hydrogen-bond acceptors (Lipinski definition) is 4. The molecule has 0 bridgehead atoms. The van der Waals surface area contributed by atoms with E-state index in [-0.39, 0.29) is 11.7 Å². The average molecular weight is 439 g/mol. The zero-order valence-corrected chi connectivity index (χ0v) is 19.4. The summed E-state index contributed by atoms with van der Waals surface area (Å²) in [4.78, 5) is 21.8. The molecule has 2 aliphatic rings. The highest BCUT2D eigenvalue weighted by molar-refractivity contribution is 5.94. The first-order valence-electron chi connectivity index (χ1n) is 11.8. The van der Waals surface area contributed by atoms with E-state index in [1.807, 2.05) is 41.3 Å². The normalized spacial score (nSPS) is 19.5. The Morgan fingerprint density at radius 1 is 0.812 bits per heavy atom. The average Bonchev–Trinajstić information content (AvgIpc) is 3.13. The summed E-state index contributed by atoms with van der Waals surface area (Å²) in [5, 5.41) is 0. The molecular formula is C26H35FN4O. The molecule has 2 aromatic rings. The van der Waals surface area contributed by atoms with Crippen LogP contribution in [0, 0.1) is 5.82 Å². The van der Waals surface area contributed by atoms with Gasteiger partial charge in [-0.05, 0) is 75.9 Å². The Morgan fingerprint density at radius 2 is 1.50 bits per heavy atom. The first-order chi connectivity index (χ1) is 15.5. The molecule has 5 nitrogen and oxygen atoms in total. The van der Waals surface area contributed by atoms with Crippen LogP contribution in [0.25, 0.3) is 11.1 Å². The van der Waals surface area contributed by atoms with Crippen molar-refractivity contribution >= 4 is 5.91 Å². The van der Waals surface area contributed by atoms with Crippen LogP contribution >= 0.6 is 0 Å². The molecule has 0 spiro atoms. The largest absolute Gasteiger partial charge is 0.337 e. The molecule has 2 aliphatic heterocycles. The summed E-state index contributed by atoms with van der Waals surface area (Å²) in [6, 6.07) is 12.9. The standard InChI is InChI=1S/C26H35FN4O/c1-28-11-3-13-30(17-15-28)20-21-5-10-24(25(27)19-21)22-6-8-23(9-7-22)26(32)31-14-4-12-29(2)16-18-31/h5-10,19H,3-4,11-18,20H2,1-2H3. The number of amides is 1. The van der Waals surface area contributed by atoms with E-state index in [4.69, 9.17) is 0 Å². The third-order valence-corrected chi connectivity index (χ3v) is 6.70. The van der Waals surface area contributed by atoms with E-state index in [0.29, 0.717) is 11.1 Å². The number of hydrogen-bond donors (Lipinski definition) is 0. The lowest BCUT2D eigenvalue weighted by atomic mass is 10.0. The van der Waals surface area contributed by atoms with Gasteiger partial charge in [0.1, 0.15) is 5.82 Å². The van der Waals surface area contributed by atoms with E-state index in [1.165, 1.54) is 0 Å². The summed E-state index contributed by atoms with van der Waals surface area (Å²) in [7, 11) is 4.25. The van der Waals surface area contributed by atoms with Crippen molar-refractivity contribution in [2.45, 2.75) is 19.4 Å². The third kappa shape index (κ3) is 5.74. The molecule has 1 amide bonds. The van der Waals surface area contributed by atoms with Crippen LogP contribution in [0.3, 0.4) is 0 Å². The zero-order chi connectivity index (χ0) is 22.5. The molecule has 2 heterocycles. The van der Waals surface area contributed by atoms with Crippen LogP contribution in [0.2, 0.25) is 0 Å². The van der Waals surface area contributed by atoms with Gasteiger partial charge < -0.3 is 14.7 Å². The molecule has 0 N–H and O–H groups in total. The molecule has 4 rings (SSSR count). The van der Waals surface area contributed by atoms with Gasteiger partial charge in [-0.3, -0.25) is 9.69 Å². The fourth-order valence-electron chi connectivity index (χ4n) is 4.63. The third-order valence-electron chi connectivity index (χ3n) is 6.70. The quantitative estimate of drug-likeness (QED) is 0.732. The number of carbonyl (C=O) groups is 1. The Kier molecular flexibility index (Phi) is 7.55. The summed E-state index contributed by atoms with van der Waals surface area (Å²) < 4.78 is 15.0. The van der Waals surface area contributed by atoms with Gasteiger partial charge in [-0.1, -0.05) is 24.3 Å². The van der Waals surface area contributed by atoms with Gasteiger partial charge in [0.15, 0.2) is 0 Å². The van der Waals surface area contributed by atoms with Gasteiger partial charge in [0.05, 0.1) is 0 Å². The van der Waals surface area contributed by atoms with Crippen molar-refractivity contribution in [2.24, 2.45) is 0 Å². The lowest BCUT2D eigenvalue weighted by Crippen LogP contribution is -2.34. The number of benzene rings is 2. The van der Waals surface area contributed by atoms with Gasteiger partial charge >= 0.3 is 0 Å². The molecule has 0 unspecified atom stereocenters. The lowest BCUT2D eigenvalue weighted by molar-refractivity contribution is 0.0763. The molecule has 0 aliphatic carbocycles. The fourth-order valence-corrected chi connectivity index (χ4v) is 4.63. The molecule has 2 fully saturated rings. The van der Waals surface area contributed by atoms with E-state index in [9.17, 15) is 9.18 Å². The van der Waals surface area contributed by atoms with Gasteiger partial charge in [0.25, 0.3) is 5.91 Å². The van der Waals surface area contributed by atoms with Crippen molar-refractivity contribution in [3.8, 4) is 11.1 Å². The summed E-state index contributed by atoms with van der Waals surface area (Å²) in [5.74, 6) is -0.144. The summed E-state index contributed by atoms with van der Waals surface area (Å²) in [5.41, 5.74) is 3.06. The predicted molar refractivity (Wildman–Crippen MR) is 127 cm³/mol. The van der Waals surface area contributed by atoms with Crippen LogP contribution in [-0.4, -0.2) is 92.0 Å². The monoisotopic (exact) mass is 438 g/mol. The highest BCUT2D eigenvalue weighted by Crippen LogP contribution is 2.25. The molecule has 0 aromatic heterocycles. The van der Waals surface area contributed by atoms with Crippen molar-refractivity contribution in [1.29, 1.82) is 0 Å². The molecule has 172 valence electrons. The number of halogens is 1. The van der Waals surface area contributed by atoms with E-state index >= 15 is 0 Å². The second-order valence-electron chi connectivity index (χ2n) is 9.27. The molecule has 0 radical (unpaired) electrons.